The Kier molecular flexibility index (Phi) is 10.2. The summed E-state index contributed by atoms with van der Waals surface area (Å²) in [5, 5.41) is 2.68. The molecule has 0 aromatic heterocycles. The lowest BCUT2D eigenvalue weighted by atomic mass is 10.2. The number of carbonyl (C=O) groups excluding carboxylic acids is 1. The van der Waals surface area contributed by atoms with Gasteiger partial charge >= 0.3 is 0 Å². The smallest absolute Gasteiger partial charge is 0.220 e. The standard InChI is InChI=1S/C5H12O.C4H7NO.C2H6/c1-5(2,3)6-4;6-4-2-1-3-5-4;1-2/h1-4H3;1-3H2,(H,5,6);1-2H3. The zero-order chi connectivity index (χ0) is 11.6. The summed E-state index contributed by atoms with van der Waals surface area (Å²) in [7, 11) is 1.71. The minimum atomic E-state index is 0.0417. The van der Waals surface area contributed by atoms with E-state index in [1.54, 1.807) is 7.11 Å². The van der Waals surface area contributed by atoms with E-state index in [-0.39, 0.29) is 11.5 Å². The van der Waals surface area contributed by atoms with Crippen LogP contribution in [0.25, 0.3) is 0 Å². The van der Waals surface area contributed by atoms with Crippen LogP contribution in [0.3, 0.4) is 0 Å². The minimum Gasteiger partial charge on any atom is -0.379 e. The second-order valence-electron chi connectivity index (χ2n) is 3.77. The maximum Gasteiger partial charge on any atom is 0.220 e. The fourth-order valence-electron chi connectivity index (χ4n) is 0.565. The van der Waals surface area contributed by atoms with Gasteiger partial charge in [0.25, 0.3) is 0 Å². The zero-order valence-electron chi connectivity index (χ0n) is 10.4. The third-order valence-electron chi connectivity index (χ3n) is 1.52. The van der Waals surface area contributed by atoms with E-state index in [1.807, 2.05) is 34.6 Å². The molecule has 86 valence electrons. The molecule has 1 amide bonds. The molecule has 0 unspecified atom stereocenters. The van der Waals surface area contributed by atoms with Crippen LogP contribution in [0.4, 0.5) is 0 Å². The Hall–Kier alpha value is -0.570. The number of methoxy groups -OCH3 is 1. The van der Waals surface area contributed by atoms with E-state index in [4.69, 9.17) is 4.74 Å². The molecule has 1 heterocycles. The second kappa shape index (κ2) is 9.00. The average molecular weight is 203 g/mol. The van der Waals surface area contributed by atoms with Crippen LogP contribution in [-0.2, 0) is 9.53 Å². The van der Waals surface area contributed by atoms with Gasteiger partial charge in [-0.15, -0.1) is 0 Å². The van der Waals surface area contributed by atoms with Gasteiger partial charge in [-0.1, -0.05) is 13.8 Å². The normalized spacial score (nSPS) is 14.6. The summed E-state index contributed by atoms with van der Waals surface area (Å²) in [6, 6.07) is 0. The van der Waals surface area contributed by atoms with Crippen LogP contribution in [0.5, 0.6) is 0 Å². The van der Waals surface area contributed by atoms with Crippen LogP contribution < -0.4 is 5.32 Å². The first-order chi connectivity index (χ1) is 6.45. The highest BCUT2D eigenvalue weighted by Gasteiger charge is 2.05. The van der Waals surface area contributed by atoms with E-state index < -0.39 is 0 Å². The molecule has 0 aromatic carbocycles. The van der Waals surface area contributed by atoms with Gasteiger partial charge in [-0.05, 0) is 27.2 Å². The molecule has 0 saturated carbocycles. The first-order valence-corrected chi connectivity index (χ1v) is 5.27. The molecule has 0 radical (unpaired) electrons. The summed E-state index contributed by atoms with van der Waals surface area (Å²) in [5.41, 5.74) is 0.0417. The van der Waals surface area contributed by atoms with Crippen LogP contribution in [0.1, 0.15) is 47.5 Å². The van der Waals surface area contributed by atoms with E-state index in [1.165, 1.54) is 0 Å². The Morgan fingerprint density at radius 3 is 1.79 bits per heavy atom. The molecule has 1 saturated heterocycles. The maximum absolute atomic E-state index is 10.1. The molecule has 1 aliphatic heterocycles. The van der Waals surface area contributed by atoms with Crippen LogP contribution >= 0.6 is 0 Å². The Bertz CT molecular complexity index is 131. The number of amides is 1. The van der Waals surface area contributed by atoms with Crippen molar-refractivity contribution in [3.63, 3.8) is 0 Å². The Morgan fingerprint density at radius 1 is 1.29 bits per heavy atom. The molecular formula is C11H25NO2. The monoisotopic (exact) mass is 203 g/mol. The number of hydrogen-bond donors (Lipinski definition) is 1. The molecule has 0 atom stereocenters. The Morgan fingerprint density at radius 2 is 1.71 bits per heavy atom. The van der Waals surface area contributed by atoms with E-state index in [0.29, 0.717) is 0 Å². The summed E-state index contributed by atoms with van der Waals surface area (Å²) >= 11 is 0. The van der Waals surface area contributed by atoms with E-state index in [2.05, 4.69) is 5.32 Å². The lowest BCUT2D eigenvalue weighted by Crippen LogP contribution is -2.15. The van der Waals surface area contributed by atoms with Gasteiger partial charge in [-0.2, -0.15) is 0 Å². The average Bonchev–Trinajstić information content (AvgIpc) is 2.59. The SMILES string of the molecule is CC.COC(C)(C)C.O=C1CCCN1. The molecular weight excluding hydrogens is 178 g/mol. The van der Waals surface area contributed by atoms with Gasteiger partial charge in [0.15, 0.2) is 0 Å². The van der Waals surface area contributed by atoms with Crippen molar-refractivity contribution >= 4 is 5.91 Å². The van der Waals surface area contributed by atoms with Crippen molar-refractivity contribution in [1.29, 1.82) is 0 Å². The summed E-state index contributed by atoms with van der Waals surface area (Å²) in [4.78, 5) is 10.1. The highest BCUT2D eigenvalue weighted by molar-refractivity contribution is 5.77. The van der Waals surface area contributed by atoms with Crippen LogP contribution in [-0.4, -0.2) is 25.2 Å². The summed E-state index contributed by atoms with van der Waals surface area (Å²) in [6.45, 7) is 11.0. The third-order valence-corrected chi connectivity index (χ3v) is 1.52. The van der Waals surface area contributed by atoms with E-state index in [9.17, 15) is 4.79 Å². The first-order valence-electron chi connectivity index (χ1n) is 5.27. The topological polar surface area (TPSA) is 38.3 Å². The van der Waals surface area contributed by atoms with Gasteiger partial charge in [-0.3, -0.25) is 4.79 Å². The van der Waals surface area contributed by atoms with Crippen LogP contribution in [0, 0.1) is 0 Å². The first kappa shape index (κ1) is 15.9. The lowest BCUT2D eigenvalue weighted by molar-refractivity contribution is -0.119. The molecule has 0 spiro atoms. The third kappa shape index (κ3) is 14.0. The van der Waals surface area contributed by atoms with Gasteiger partial charge in [0.1, 0.15) is 0 Å². The molecule has 1 fully saturated rings. The predicted molar refractivity (Wildman–Crippen MR) is 60.4 cm³/mol. The Balaban J connectivity index is 0. The second-order valence-corrected chi connectivity index (χ2v) is 3.77. The number of carbonyl (C=O) groups is 1. The van der Waals surface area contributed by atoms with E-state index >= 15 is 0 Å². The lowest BCUT2D eigenvalue weighted by Gasteiger charge is -2.14. The van der Waals surface area contributed by atoms with Crippen molar-refractivity contribution in [2.75, 3.05) is 13.7 Å². The summed E-state index contributed by atoms with van der Waals surface area (Å²) in [5.74, 6) is 0.204. The van der Waals surface area contributed by atoms with Crippen molar-refractivity contribution in [3.8, 4) is 0 Å². The fourth-order valence-corrected chi connectivity index (χ4v) is 0.565. The van der Waals surface area contributed by atoms with Gasteiger partial charge in [0.05, 0.1) is 5.60 Å². The molecule has 1 rings (SSSR count). The quantitative estimate of drug-likeness (QED) is 0.656. The highest BCUT2D eigenvalue weighted by Crippen LogP contribution is 2.02. The minimum absolute atomic E-state index is 0.0417. The zero-order valence-corrected chi connectivity index (χ0v) is 10.4. The molecule has 14 heavy (non-hydrogen) atoms. The molecule has 0 bridgehead atoms. The number of nitrogens with one attached hydrogen (secondary N) is 1. The maximum atomic E-state index is 10.1. The molecule has 3 nitrogen and oxygen atoms in total. The highest BCUT2D eigenvalue weighted by atomic mass is 16.5. The van der Waals surface area contributed by atoms with Crippen molar-refractivity contribution in [3.05, 3.63) is 0 Å². The number of rotatable bonds is 0. The molecule has 1 N–H and O–H groups in total. The summed E-state index contributed by atoms with van der Waals surface area (Å²) in [6.07, 6.45) is 1.76. The van der Waals surface area contributed by atoms with Crippen molar-refractivity contribution in [2.24, 2.45) is 0 Å². The van der Waals surface area contributed by atoms with Gasteiger partial charge < -0.3 is 10.1 Å². The van der Waals surface area contributed by atoms with Gasteiger partial charge in [0, 0.05) is 20.1 Å². The van der Waals surface area contributed by atoms with Crippen molar-refractivity contribution < 1.29 is 9.53 Å². The molecule has 0 aliphatic carbocycles. The largest absolute Gasteiger partial charge is 0.379 e. The fraction of sp³-hybridized carbons (Fsp3) is 0.909. The van der Waals surface area contributed by atoms with Crippen molar-refractivity contribution in [2.45, 2.75) is 53.1 Å². The Labute approximate surface area is 88.2 Å². The predicted octanol–water partition coefficient (Wildman–Crippen LogP) is 2.35. The summed E-state index contributed by atoms with van der Waals surface area (Å²) < 4.78 is 4.94. The molecule has 0 aromatic rings. The van der Waals surface area contributed by atoms with E-state index in [0.717, 1.165) is 19.4 Å². The van der Waals surface area contributed by atoms with Crippen LogP contribution in [0.2, 0.25) is 0 Å². The van der Waals surface area contributed by atoms with Crippen LogP contribution in [0.15, 0.2) is 0 Å². The number of ether oxygens (including phenoxy) is 1. The number of hydrogen-bond acceptors (Lipinski definition) is 2. The van der Waals surface area contributed by atoms with Gasteiger partial charge in [-0.25, -0.2) is 0 Å². The molecule has 3 heteroatoms. The van der Waals surface area contributed by atoms with Gasteiger partial charge in [0.2, 0.25) is 5.91 Å². The molecule has 1 aliphatic rings. The van der Waals surface area contributed by atoms with Crippen molar-refractivity contribution in [1.82, 2.24) is 5.32 Å².